The Morgan fingerprint density at radius 3 is 2.57 bits per heavy atom. The van der Waals surface area contributed by atoms with Gasteiger partial charge in [0, 0.05) is 31.0 Å². The van der Waals surface area contributed by atoms with Gasteiger partial charge in [0.2, 0.25) is 0 Å². The molecule has 23 heavy (non-hydrogen) atoms. The van der Waals surface area contributed by atoms with Crippen molar-refractivity contribution in [1.82, 2.24) is 20.1 Å². The van der Waals surface area contributed by atoms with E-state index in [4.69, 9.17) is 4.74 Å². The summed E-state index contributed by atoms with van der Waals surface area (Å²) in [6, 6.07) is 14.4. The van der Waals surface area contributed by atoms with Crippen LogP contribution >= 0.6 is 0 Å². The first-order chi connectivity index (χ1) is 11.4. The monoisotopic (exact) mass is 306 g/mol. The Bertz CT molecular complexity index is 761. The van der Waals surface area contributed by atoms with E-state index in [1.54, 1.807) is 12.4 Å². The average Bonchev–Trinajstić information content (AvgIpc) is 3.13. The van der Waals surface area contributed by atoms with Crippen LogP contribution in [0.5, 0.6) is 0 Å². The van der Waals surface area contributed by atoms with E-state index in [-0.39, 0.29) is 6.10 Å². The van der Waals surface area contributed by atoms with Gasteiger partial charge >= 0.3 is 0 Å². The lowest BCUT2D eigenvalue weighted by molar-refractivity contribution is 0.0277. The molecule has 5 nitrogen and oxygen atoms in total. The molecule has 1 aliphatic heterocycles. The van der Waals surface area contributed by atoms with Crippen LogP contribution in [-0.2, 0) is 4.74 Å². The number of morpholine rings is 1. The van der Waals surface area contributed by atoms with Crippen molar-refractivity contribution in [1.29, 1.82) is 0 Å². The highest BCUT2D eigenvalue weighted by atomic mass is 16.5. The summed E-state index contributed by atoms with van der Waals surface area (Å²) in [7, 11) is 0. The Morgan fingerprint density at radius 2 is 1.83 bits per heavy atom. The van der Waals surface area contributed by atoms with E-state index in [9.17, 15) is 0 Å². The van der Waals surface area contributed by atoms with Crippen molar-refractivity contribution in [3.63, 3.8) is 0 Å². The van der Waals surface area contributed by atoms with Gasteiger partial charge in [0.25, 0.3) is 0 Å². The summed E-state index contributed by atoms with van der Waals surface area (Å²) in [5, 5.41) is 7.82. The molecule has 1 aromatic carbocycles. The molecule has 116 valence electrons. The fraction of sp³-hybridized carbons (Fsp3) is 0.222. The number of benzene rings is 1. The molecular weight excluding hydrogens is 288 g/mol. The van der Waals surface area contributed by atoms with Crippen molar-refractivity contribution in [2.45, 2.75) is 6.10 Å². The Hall–Kier alpha value is -2.50. The van der Waals surface area contributed by atoms with Gasteiger partial charge in [-0.2, -0.15) is 5.10 Å². The van der Waals surface area contributed by atoms with Gasteiger partial charge in [-0.25, -0.2) is 4.68 Å². The minimum atomic E-state index is 0.134. The molecule has 3 aromatic rings. The maximum atomic E-state index is 5.80. The van der Waals surface area contributed by atoms with Crippen molar-refractivity contribution in [2.24, 2.45) is 0 Å². The Kier molecular flexibility index (Phi) is 3.88. The number of hydrogen-bond donors (Lipinski definition) is 1. The molecule has 1 aliphatic rings. The Balaban J connectivity index is 1.63. The topological polar surface area (TPSA) is 52.0 Å². The quantitative estimate of drug-likeness (QED) is 0.808. The number of nitrogens with zero attached hydrogens (tertiary/aromatic N) is 3. The first-order valence-electron chi connectivity index (χ1n) is 7.79. The van der Waals surface area contributed by atoms with Gasteiger partial charge < -0.3 is 10.1 Å². The fourth-order valence-electron chi connectivity index (χ4n) is 2.86. The molecule has 2 aromatic heterocycles. The largest absolute Gasteiger partial charge is 0.371 e. The van der Waals surface area contributed by atoms with E-state index in [0.29, 0.717) is 0 Å². The maximum Gasteiger partial charge on any atom is 0.0949 e. The summed E-state index contributed by atoms with van der Waals surface area (Å²) in [5.74, 6) is 0. The van der Waals surface area contributed by atoms with Crippen LogP contribution in [0, 0.1) is 0 Å². The molecule has 0 amide bonds. The van der Waals surface area contributed by atoms with E-state index in [1.165, 1.54) is 5.56 Å². The van der Waals surface area contributed by atoms with E-state index in [0.717, 1.165) is 36.6 Å². The summed E-state index contributed by atoms with van der Waals surface area (Å²) in [6.07, 6.45) is 5.54. The molecule has 5 heteroatoms. The van der Waals surface area contributed by atoms with Crippen LogP contribution in [0.4, 0.5) is 0 Å². The van der Waals surface area contributed by atoms with E-state index >= 15 is 0 Å². The van der Waals surface area contributed by atoms with Crippen molar-refractivity contribution < 1.29 is 4.74 Å². The second-order valence-corrected chi connectivity index (χ2v) is 5.52. The number of aromatic nitrogens is 3. The average molecular weight is 306 g/mol. The van der Waals surface area contributed by atoms with Crippen LogP contribution in [-0.4, -0.2) is 34.5 Å². The third-order valence-electron chi connectivity index (χ3n) is 4.06. The van der Waals surface area contributed by atoms with Gasteiger partial charge in [0.05, 0.1) is 30.3 Å². The lowest BCUT2D eigenvalue weighted by Gasteiger charge is -2.24. The zero-order valence-electron chi connectivity index (χ0n) is 12.7. The van der Waals surface area contributed by atoms with E-state index in [2.05, 4.69) is 39.7 Å². The molecule has 0 radical (unpaired) electrons. The summed E-state index contributed by atoms with van der Waals surface area (Å²) >= 11 is 0. The second-order valence-electron chi connectivity index (χ2n) is 5.52. The molecule has 1 unspecified atom stereocenters. The molecule has 0 bridgehead atoms. The van der Waals surface area contributed by atoms with Crippen molar-refractivity contribution in [2.75, 3.05) is 19.7 Å². The van der Waals surface area contributed by atoms with Crippen molar-refractivity contribution in [3.05, 3.63) is 66.6 Å². The molecule has 0 saturated carbocycles. The number of ether oxygens (including phenoxy) is 1. The van der Waals surface area contributed by atoms with Crippen LogP contribution in [0.3, 0.4) is 0 Å². The summed E-state index contributed by atoms with van der Waals surface area (Å²) in [5.41, 5.74) is 4.38. The van der Waals surface area contributed by atoms with Gasteiger partial charge in [-0.05, 0) is 35.9 Å². The summed E-state index contributed by atoms with van der Waals surface area (Å²) in [6.45, 7) is 2.55. The highest BCUT2D eigenvalue weighted by molar-refractivity contribution is 5.61. The van der Waals surface area contributed by atoms with Crippen LogP contribution in [0.15, 0.2) is 61.1 Å². The van der Waals surface area contributed by atoms with Gasteiger partial charge in [-0.1, -0.05) is 12.1 Å². The van der Waals surface area contributed by atoms with E-state index in [1.807, 2.05) is 29.1 Å². The van der Waals surface area contributed by atoms with Gasteiger partial charge in [-0.3, -0.25) is 4.98 Å². The Morgan fingerprint density at radius 1 is 1.00 bits per heavy atom. The second kappa shape index (κ2) is 6.32. The van der Waals surface area contributed by atoms with E-state index < -0.39 is 0 Å². The van der Waals surface area contributed by atoms with Gasteiger partial charge in [-0.15, -0.1) is 0 Å². The third kappa shape index (κ3) is 2.88. The van der Waals surface area contributed by atoms with Crippen LogP contribution in [0.2, 0.25) is 0 Å². The first-order valence-corrected chi connectivity index (χ1v) is 7.79. The third-order valence-corrected chi connectivity index (χ3v) is 4.06. The predicted molar refractivity (Wildman–Crippen MR) is 88.4 cm³/mol. The number of hydrogen-bond acceptors (Lipinski definition) is 4. The summed E-state index contributed by atoms with van der Waals surface area (Å²) in [4.78, 5) is 4.07. The van der Waals surface area contributed by atoms with Gasteiger partial charge in [0.15, 0.2) is 0 Å². The fourth-order valence-corrected chi connectivity index (χ4v) is 2.86. The highest BCUT2D eigenvalue weighted by Crippen LogP contribution is 2.24. The van der Waals surface area contributed by atoms with Crippen molar-refractivity contribution in [3.8, 4) is 16.9 Å². The normalized spacial score (nSPS) is 18.0. The van der Waals surface area contributed by atoms with Crippen LogP contribution < -0.4 is 5.32 Å². The Labute approximate surface area is 134 Å². The standard InChI is InChI=1S/C18H18N4O/c1-3-16(4-2-15(1)18-13-20-11-12-23-18)22-17(7-10-21-22)14-5-8-19-9-6-14/h1-10,18,20H,11-13H2. The minimum absolute atomic E-state index is 0.134. The van der Waals surface area contributed by atoms with Crippen LogP contribution in [0.1, 0.15) is 11.7 Å². The molecule has 0 aliphatic carbocycles. The highest BCUT2D eigenvalue weighted by Gasteiger charge is 2.15. The minimum Gasteiger partial charge on any atom is -0.371 e. The van der Waals surface area contributed by atoms with Gasteiger partial charge in [0.1, 0.15) is 0 Å². The lowest BCUT2D eigenvalue weighted by atomic mass is 10.1. The first kappa shape index (κ1) is 14.1. The number of nitrogens with one attached hydrogen (secondary N) is 1. The zero-order chi connectivity index (χ0) is 15.5. The molecule has 1 N–H and O–H groups in total. The molecule has 1 saturated heterocycles. The summed E-state index contributed by atoms with van der Waals surface area (Å²) < 4.78 is 7.74. The lowest BCUT2D eigenvalue weighted by Crippen LogP contribution is -2.33. The predicted octanol–water partition coefficient (Wildman–Crippen LogP) is 2.60. The maximum absolute atomic E-state index is 5.80. The zero-order valence-corrected chi connectivity index (χ0v) is 12.7. The molecule has 1 atom stereocenters. The number of pyridine rings is 1. The molecular formula is C18H18N4O. The molecule has 3 heterocycles. The molecule has 0 spiro atoms. The smallest absolute Gasteiger partial charge is 0.0949 e. The SMILES string of the molecule is c1cc(-c2ccnn2-c2ccc(C3CNCCO3)cc2)ccn1. The number of rotatable bonds is 3. The van der Waals surface area contributed by atoms with Crippen LogP contribution in [0.25, 0.3) is 16.9 Å². The molecule has 4 rings (SSSR count). The van der Waals surface area contributed by atoms with Crippen molar-refractivity contribution >= 4 is 0 Å². The molecule has 1 fully saturated rings.